The van der Waals surface area contributed by atoms with E-state index in [0.717, 1.165) is 6.08 Å². The monoisotopic (exact) mass is 286 g/mol. The van der Waals surface area contributed by atoms with Crippen LogP contribution in [0.4, 0.5) is 0 Å². The first-order valence-electron chi connectivity index (χ1n) is 6.26. The molecule has 1 amide bonds. The number of ether oxygens (including phenoxy) is 2. The summed E-state index contributed by atoms with van der Waals surface area (Å²) in [5.41, 5.74) is 4.39. The van der Waals surface area contributed by atoms with Crippen LogP contribution in [-0.2, 0) is 23.9 Å². The van der Waals surface area contributed by atoms with E-state index in [1.54, 1.807) is 27.7 Å². The highest BCUT2D eigenvalue weighted by Crippen LogP contribution is 2.09. The molecule has 0 aromatic rings. The summed E-state index contributed by atoms with van der Waals surface area (Å²) in [7, 11) is 0. The summed E-state index contributed by atoms with van der Waals surface area (Å²) in [6.07, 6.45) is 2.11. The van der Waals surface area contributed by atoms with Gasteiger partial charge in [0.1, 0.15) is 11.6 Å². The van der Waals surface area contributed by atoms with Gasteiger partial charge in [-0.15, -0.1) is 0 Å². The third kappa shape index (κ3) is 8.96. The maximum atomic E-state index is 11.9. The van der Waals surface area contributed by atoms with Crippen LogP contribution in [0.5, 0.6) is 0 Å². The Morgan fingerprint density at radius 1 is 1.30 bits per heavy atom. The molecule has 7 heteroatoms. The Morgan fingerprint density at radius 3 is 2.35 bits per heavy atom. The zero-order valence-electron chi connectivity index (χ0n) is 12.3. The minimum atomic E-state index is -0.947. The molecule has 0 aromatic carbocycles. The molecule has 0 aliphatic carbocycles. The van der Waals surface area contributed by atoms with Crippen molar-refractivity contribution in [1.82, 2.24) is 5.32 Å². The van der Waals surface area contributed by atoms with Crippen molar-refractivity contribution in [3.8, 4) is 0 Å². The lowest BCUT2D eigenvalue weighted by Crippen LogP contribution is -2.41. The Labute approximate surface area is 118 Å². The molecule has 0 aromatic heterocycles. The van der Waals surface area contributed by atoms with Crippen LogP contribution in [0, 0.1) is 0 Å². The number of amides is 1. The summed E-state index contributed by atoms with van der Waals surface area (Å²) in [6, 6.07) is -0.947. The van der Waals surface area contributed by atoms with E-state index in [4.69, 9.17) is 10.5 Å². The Morgan fingerprint density at radius 2 is 1.90 bits per heavy atom. The maximum Gasteiger partial charge on any atom is 0.332 e. The average molecular weight is 286 g/mol. The molecule has 0 saturated heterocycles. The molecule has 0 saturated carbocycles. The highest BCUT2D eigenvalue weighted by atomic mass is 16.6. The first kappa shape index (κ1) is 17.9. The van der Waals surface area contributed by atoms with Gasteiger partial charge in [0.05, 0.1) is 13.0 Å². The number of carbonyl (C=O) groups excluding carboxylic acids is 3. The predicted octanol–water partition coefficient (Wildman–Crippen LogP) is 0.239. The van der Waals surface area contributed by atoms with Crippen LogP contribution in [0.3, 0.4) is 0 Å². The second kappa shape index (κ2) is 8.19. The maximum absolute atomic E-state index is 11.9. The predicted molar refractivity (Wildman–Crippen MR) is 72.4 cm³/mol. The van der Waals surface area contributed by atoms with Crippen molar-refractivity contribution in [3.05, 3.63) is 12.3 Å². The lowest BCUT2D eigenvalue weighted by molar-refractivity contribution is -0.158. The first-order valence-corrected chi connectivity index (χ1v) is 6.26. The molecule has 0 bridgehead atoms. The van der Waals surface area contributed by atoms with Crippen molar-refractivity contribution in [2.45, 2.75) is 45.8 Å². The average Bonchev–Trinajstić information content (AvgIpc) is 2.25. The number of rotatable bonds is 7. The van der Waals surface area contributed by atoms with E-state index in [9.17, 15) is 14.4 Å². The third-order valence-electron chi connectivity index (χ3n) is 1.90. The van der Waals surface area contributed by atoms with Crippen molar-refractivity contribution in [3.63, 3.8) is 0 Å². The van der Waals surface area contributed by atoms with Crippen LogP contribution in [0.2, 0.25) is 0 Å². The van der Waals surface area contributed by atoms with Gasteiger partial charge in [-0.05, 0) is 27.7 Å². The van der Waals surface area contributed by atoms with Gasteiger partial charge in [0.2, 0.25) is 5.91 Å². The van der Waals surface area contributed by atoms with Gasteiger partial charge in [0, 0.05) is 12.3 Å². The van der Waals surface area contributed by atoms with E-state index in [1.807, 2.05) is 0 Å². The van der Waals surface area contributed by atoms with Crippen LogP contribution in [0.1, 0.15) is 34.1 Å². The van der Waals surface area contributed by atoms with E-state index in [1.165, 1.54) is 6.20 Å². The molecular formula is C13H22N2O5. The Kier molecular flexibility index (Phi) is 7.35. The van der Waals surface area contributed by atoms with E-state index in [2.05, 4.69) is 10.1 Å². The summed E-state index contributed by atoms with van der Waals surface area (Å²) >= 11 is 0. The molecule has 0 unspecified atom stereocenters. The second-order valence-electron chi connectivity index (χ2n) is 5.01. The lowest BCUT2D eigenvalue weighted by Gasteiger charge is -2.23. The van der Waals surface area contributed by atoms with Gasteiger partial charge in [-0.2, -0.15) is 0 Å². The van der Waals surface area contributed by atoms with Crippen LogP contribution in [-0.4, -0.2) is 36.1 Å². The minimum Gasteiger partial charge on any atom is -0.463 e. The highest BCUT2D eigenvalue weighted by molar-refractivity contribution is 5.85. The van der Waals surface area contributed by atoms with Gasteiger partial charge in [-0.3, -0.25) is 4.79 Å². The van der Waals surface area contributed by atoms with Crippen molar-refractivity contribution in [1.29, 1.82) is 0 Å². The van der Waals surface area contributed by atoms with Gasteiger partial charge in [0.25, 0.3) is 0 Å². The van der Waals surface area contributed by atoms with Gasteiger partial charge < -0.3 is 20.5 Å². The number of primary amides is 1. The zero-order valence-corrected chi connectivity index (χ0v) is 12.3. The molecule has 0 fully saturated rings. The second-order valence-corrected chi connectivity index (χ2v) is 5.01. The molecule has 20 heavy (non-hydrogen) atoms. The van der Waals surface area contributed by atoms with Crippen LogP contribution >= 0.6 is 0 Å². The molecular weight excluding hydrogens is 264 g/mol. The molecule has 0 heterocycles. The van der Waals surface area contributed by atoms with Gasteiger partial charge in [0.15, 0.2) is 0 Å². The molecule has 1 atom stereocenters. The standard InChI is InChI=1S/C13H22N2O5/c1-5-19-11(17)6-7-15-9(8-10(14)16)12(18)20-13(2,3)4/h6-7,9,15H,5,8H2,1-4H3,(H2,14,16)/b7-6+/t9-/m0/s1. The highest BCUT2D eigenvalue weighted by Gasteiger charge is 2.25. The van der Waals surface area contributed by atoms with Crippen molar-refractivity contribution in [2.24, 2.45) is 5.73 Å². The fourth-order valence-corrected chi connectivity index (χ4v) is 1.21. The normalized spacial score (nSPS) is 12.8. The molecule has 0 rings (SSSR count). The van der Waals surface area contributed by atoms with E-state index < -0.39 is 29.5 Å². The van der Waals surface area contributed by atoms with E-state index in [-0.39, 0.29) is 13.0 Å². The molecule has 114 valence electrons. The quantitative estimate of drug-likeness (QED) is 0.512. The lowest BCUT2D eigenvalue weighted by atomic mass is 10.1. The number of nitrogens with one attached hydrogen (secondary N) is 1. The molecule has 3 N–H and O–H groups in total. The molecule has 0 aliphatic heterocycles. The van der Waals surface area contributed by atoms with Crippen molar-refractivity contribution in [2.75, 3.05) is 6.61 Å². The number of esters is 2. The Balaban J connectivity index is 4.61. The third-order valence-corrected chi connectivity index (χ3v) is 1.90. The van der Waals surface area contributed by atoms with E-state index >= 15 is 0 Å². The fraction of sp³-hybridized carbons (Fsp3) is 0.615. The fourth-order valence-electron chi connectivity index (χ4n) is 1.21. The molecule has 0 spiro atoms. The molecule has 7 nitrogen and oxygen atoms in total. The first-order chi connectivity index (χ1) is 9.15. The number of carbonyl (C=O) groups is 3. The summed E-state index contributed by atoms with van der Waals surface area (Å²) in [5, 5.41) is 2.61. The smallest absolute Gasteiger partial charge is 0.332 e. The number of hydrogen-bond donors (Lipinski definition) is 2. The number of nitrogens with two attached hydrogens (primary N) is 1. The van der Waals surface area contributed by atoms with Crippen LogP contribution in [0.25, 0.3) is 0 Å². The Hall–Kier alpha value is -2.05. The minimum absolute atomic E-state index is 0.234. The van der Waals surface area contributed by atoms with Gasteiger partial charge in [-0.1, -0.05) is 0 Å². The van der Waals surface area contributed by atoms with Crippen LogP contribution in [0.15, 0.2) is 12.3 Å². The van der Waals surface area contributed by atoms with Crippen molar-refractivity contribution < 1.29 is 23.9 Å². The molecule has 0 radical (unpaired) electrons. The van der Waals surface area contributed by atoms with Gasteiger partial charge in [-0.25, -0.2) is 9.59 Å². The molecule has 0 aliphatic rings. The summed E-state index contributed by atoms with van der Waals surface area (Å²) in [6.45, 7) is 7.05. The SMILES string of the molecule is CCOC(=O)/C=C/N[C@@H](CC(N)=O)C(=O)OC(C)(C)C. The number of hydrogen-bond acceptors (Lipinski definition) is 6. The van der Waals surface area contributed by atoms with Crippen LogP contribution < -0.4 is 11.1 Å². The topological polar surface area (TPSA) is 108 Å². The largest absolute Gasteiger partial charge is 0.463 e. The Bertz CT molecular complexity index is 385. The summed E-state index contributed by atoms with van der Waals surface area (Å²) in [5.74, 6) is -1.83. The summed E-state index contributed by atoms with van der Waals surface area (Å²) < 4.78 is 9.82. The van der Waals surface area contributed by atoms with Gasteiger partial charge >= 0.3 is 11.9 Å². The van der Waals surface area contributed by atoms with E-state index in [0.29, 0.717) is 0 Å². The summed E-state index contributed by atoms with van der Waals surface area (Å²) in [4.78, 5) is 33.9. The van der Waals surface area contributed by atoms with Crippen molar-refractivity contribution >= 4 is 17.8 Å². The zero-order chi connectivity index (χ0) is 15.8.